The molecule has 2 fully saturated rings. The van der Waals surface area contributed by atoms with E-state index in [4.69, 9.17) is 14.2 Å². The van der Waals surface area contributed by atoms with Crippen LogP contribution in [0.4, 0.5) is 8.78 Å². The van der Waals surface area contributed by atoms with Gasteiger partial charge in [0.1, 0.15) is 11.6 Å². The highest BCUT2D eigenvalue weighted by atomic mass is 19.1. The van der Waals surface area contributed by atoms with Crippen LogP contribution in [0.15, 0.2) is 24.3 Å². The van der Waals surface area contributed by atoms with Gasteiger partial charge in [-0.25, -0.2) is 8.78 Å². The molecule has 1 heterocycles. The first-order valence-electron chi connectivity index (χ1n) is 9.45. The minimum Gasteiger partial charge on any atom is -0.380 e. The lowest BCUT2D eigenvalue weighted by Gasteiger charge is -2.37. The molecule has 0 radical (unpaired) electrons. The van der Waals surface area contributed by atoms with Crippen molar-refractivity contribution < 1.29 is 23.0 Å². The second-order valence-corrected chi connectivity index (χ2v) is 7.33. The number of halogens is 2. The zero-order valence-corrected chi connectivity index (χ0v) is 15.5. The lowest BCUT2D eigenvalue weighted by atomic mass is 9.78. The predicted molar refractivity (Wildman–Crippen MR) is 95.8 cm³/mol. The van der Waals surface area contributed by atoms with Crippen LogP contribution >= 0.6 is 0 Å². The van der Waals surface area contributed by atoms with Crippen molar-refractivity contribution in [2.24, 2.45) is 11.8 Å². The van der Waals surface area contributed by atoms with Crippen LogP contribution in [0.2, 0.25) is 0 Å². The summed E-state index contributed by atoms with van der Waals surface area (Å²) in [5.74, 6) is -0.147. The molecular weight excluding hydrogens is 338 g/mol. The Kier molecular flexibility index (Phi) is 6.79. The van der Waals surface area contributed by atoms with E-state index in [1.165, 1.54) is 19.2 Å². The highest BCUT2D eigenvalue weighted by molar-refractivity contribution is 5.28. The average molecular weight is 366 g/mol. The molecule has 26 heavy (non-hydrogen) atoms. The van der Waals surface area contributed by atoms with Crippen LogP contribution < -0.4 is 0 Å². The van der Waals surface area contributed by atoms with Crippen molar-refractivity contribution in [3.8, 4) is 0 Å². The lowest BCUT2D eigenvalue weighted by Crippen LogP contribution is -2.37. The standard InChI is InChI=1S/C21H28F2O3/c1-3-4-14-11-25-21(26-12-14)16-7-5-15(6-8-16)17-9-19(22)18(13-24-2)20(23)10-17/h3-4,9-10,14-16,21H,5-8,11-13H2,1-2H3/b4-3+. The lowest BCUT2D eigenvalue weighted by molar-refractivity contribution is -0.222. The van der Waals surface area contributed by atoms with E-state index in [1.807, 2.05) is 13.0 Å². The minimum absolute atomic E-state index is 0.00428. The molecule has 0 amide bonds. The van der Waals surface area contributed by atoms with Gasteiger partial charge in [-0.3, -0.25) is 0 Å². The van der Waals surface area contributed by atoms with Gasteiger partial charge in [-0.05, 0) is 56.2 Å². The van der Waals surface area contributed by atoms with Gasteiger partial charge in [0.25, 0.3) is 0 Å². The van der Waals surface area contributed by atoms with Crippen molar-refractivity contribution in [1.82, 2.24) is 0 Å². The van der Waals surface area contributed by atoms with E-state index in [0.717, 1.165) is 31.2 Å². The first-order chi connectivity index (χ1) is 12.6. The molecule has 0 bridgehead atoms. The molecule has 144 valence electrons. The van der Waals surface area contributed by atoms with E-state index in [2.05, 4.69) is 6.08 Å². The van der Waals surface area contributed by atoms with E-state index < -0.39 is 11.6 Å². The van der Waals surface area contributed by atoms with Crippen molar-refractivity contribution in [3.05, 3.63) is 47.0 Å². The molecule has 1 aliphatic heterocycles. The maximum absolute atomic E-state index is 14.2. The van der Waals surface area contributed by atoms with Gasteiger partial charge in [0.2, 0.25) is 0 Å². The van der Waals surface area contributed by atoms with Gasteiger partial charge < -0.3 is 14.2 Å². The molecule has 0 spiro atoms. The first kappa shape index (κ1) is 19.5. The summed E-state index contributed by atoms with van der Waals surface area (Å²) in [5, 5.41) is 0. The van der Waals surface area contributed by atoms with E-state index in [9.17, 15) is 8.78 Å². The fourth-order valence-corrected chi connectivity index (χ4v) is 4.05. The zero-order chi connectivity index (χ0) is 18.5. The monoisotopic (exact) mass is 366 g/mol. The third kappa shape index (κ3) is 4.51. The molecule has 3 rings (SSSR count). The average Bonchev–Trinajstić information content (AvgIpc) is 2.66. The summed E-state index contributed by atoms with van der Waals surface area (Å²) in [4.78, 5) is 0. The maximum atomic E-state index is 14.2. The quantitative estimate of drug-likeness (QED) is 0.690. The highest BCUT2D eigenvalue weighted by Crippen LogP contribution is 2.39. The number of methoxy groups -OCH3 is 1. The Balaban J connectivity index is 1.56. The predicted octanol–water partition coefficient (Wildman–Crippen LogP) is 4.95. The second-order valence-electron chi connectivity index (χ2n) is 7.33. The summed E-state index contributed by atoms with van der Waals surface area (Å²) >= 11 is 0. The molecule has 1 aromatic carbocycles. The summed E-state index contributed by atoms with van der Waals surface area (Å²) in [6.07, 6.45) is 7.70. The van der Waals surface area contributed by atoms with E-state index in [-0.39, 0.29) is 24.4 Å². The molecule has 1 aromatic rings. The molecule has 3 nitrogen and oxygen atoms in total. The fraction of sp³-hybridized carbons (Fsp3) is 0.619. The topological polar surface area (TPSA) is 27.7 Å². The summed E-state index contributed by atoms with van der Waals surface area (Å²) in [5.41, 5.74) is 0.751. The molecule has 0 aromatic heterocycles. The number of ether oxygens (including phenoxy) is 3. The molecule has 2 aliphatic rings. The zero-order valence-electron chi connectivity index (χ0n) is 15.5. The molecular formula is C21H28F2O3. The Morgan fingerprint density at radius 3 is 2.23 bits per heavy atom. The van der Waals surface area contributed by atoms with Gasteiger partial charge in [0.05, 0.1) is 19.8 Å². The van der Waals surface area contributed by atoms with Crippen molar-refractivity contribution in [1.29, 1.82) is 0 Å². The fourth-order valence-electron chi connectivity index (χ4n) is 4.05. The normalized spacial score (nSPS) is 30.0. The van der Waals surface area contributed by atoms with Crippen molar-refractivity contribution in [3.63, 3.8) is 0 Å². The maximum Gasteiger partial charge on any atom is 0.160 e. The largest absolute Gasteiger partial charge is 0.380 e. The van der Waals surface area contributed by atoms with Gasteiger partial charge in [0, 0.05) is 24.5 Å². The second kappa shape index (κ2) is 9.07. The molecule has 1 saturated heterocycles. The summed E-state index contributed by atoms with van der Waals surface area (Å²) in [6.45, 7) is 3.36. The van der Waals surface area contributed by atoms with Crippen LogP contribution in [-0.2, 0) is 20.8 Å². The van der Waals surface area contributed by atoms with Crippen LogP contribution in [0, 0.1) is 23.5 Å². The summed E-state index contributed by atoms with van der Waals surface area (Å²) < 4.78 is 45.0. The smallest absolute Gasteiger partial charge is 0.160 e. The van der Waals surface area contributed by atoms with Gasteiger partial charge in [-0.1, -0.05) is 12.2 Å². The SMILES string of the molecule is C/C=C/C1COC(C2CCC(c3cc(F)c(COC)c(F)c3)CC2)OC1. The Morgan fingerprint density at radius 2 is 1.69 bits per heavy atom. The number of benzene rings is 1. The van der Waals surface area contributed by atoms with Gasteiger partial charge in [0.15, 0.2) is 6.29 Å². The van der Waals surface area contributed by atoms with Crippen molar-refractivity contribution in [2.75, 3.05) is 20.3 Å². The van der Waals surface area contributed by atoms with Crippen molar-refractivity contribution >= 4 is 0 Å². The third-order valence-electron chi connectivity index (χ3n) is 5.49. The number of allylic oxidation sites excluding steroid dienone is 1. The van der Waals surface area contributed by atoms with E-state index >= 15 is 0 Å². The molecule has 0 N–H and O–H groups in total. The molecule has 1 saturated carbocycles. The van der Waals surface area contributed by atoms with E-state index in [1.54, 1.807) is 0 Å². The molecule has 0 atom stereocenters. The third-order valence-corrected chi connectivity index (χ3v) is 5.49. The Bertz CT molecular complexity index is 593. The van der Waals surface area contributed by atoms with Gasteiger partial charge >= 0.3 is 0 Å². The highest BCUT2D eigenvalue weighted by Gasteiger charge is 2.32. The number of hydrogen-bond donors (Lipinski definition) is 0. The van der Waals surface area contributed by atoms with Crippen LogP contribution in [0.3, 0.4) is 0 Å². The first-order valence-corrected chi connectivity index (χ1v) is 9.45. The van der Waals surface area contributed by atoms with Crippen LogP contribution in [0.25, 0.3) is 0 Å². The number of rotatable bonds is 5. The minimum atomic E-state index is -0.516. The van der Waals surface area contributed by atoms with Crippen LogP contribution in [-0.4, -0.2) is 26.6 Å². The van der Waals surface area contributed by atoms with Gasteiger partial charge in [-0.15, -0.1) is 0 Å². The Labute approximate surface area is 154 Å². The molecule has 5 heteroatoms. The Hall–Kier alpha value is -1.30. The molecule has 1 aliphatic carbocycles. The summed E-state index contributed by atoms with van der Waals surface area (Å²) in [6, 6.07) is 2.94. The Morgan fingerprint density at radius 1 is 1.08 bits per heavy atom. The summed E-state index contributed by atoms with van der Waals surface area (Å²) in [7, 11) is 1.43. The van der Waals surface area contributed by atoms with Crippen LogP contribution in [0.5, 0.6) is 0 Å². The number of hydrogen-bond acceptors (Lipinski definition) is 3. The van der Waals surface area contributed by atoms with E-state index in [0.29, 0.717) is 25.0 Å². The van der Waals surface area contributed by atoms with Crippen LogP contribution in [0.1, 0.15) is 49.7 Å². The molecule has 0 unspecified atom stereocenters. The van der Waals surface area contributed by atoms with Gasteiger partial charge in [-0.2, -0.15) is 0 Å². The van der Waals surface area contributed by atoms with Crippen molar-refractivity contribution in [2.45, 2.75) is 51.4 Å².